The number of hydrogen-bond acceptors (Lipinski definition) is 3. The molecule has 0 unspecified atom stereocenters. The molecule has 0 saturated heterocycles. The number of rotatable bonds is 5. The van der Waals surface area contributed by atoms with Crippen LogP contribution < -0.4 is 10.9 Å². The van der Waals surface area contributed by atoms with Gasteiger partial charge in [0, 0.05) is 23.2 Å². The van der Waals surface area contributed by atoms with Gasteiger partial charge >= 0.3 is 0 Å². The van der Waals surface area contributed by atoms with Gasteiger partial charge in [-0.1, -0.05) is 47.5 Å². The molecule has 0 aliphatic rings. The molecule has 0 saturated carbocycles. The molecule has 0 aliphatic heterocycles. The quantitative estimate of drug-likeness (QED) is 0.700. The first-order chi connectivity index (χ1) is 12.5. The first kappa shape index (κ1) is 18.2. The van der Waals surface area contributed by atoms with Crippen LogP contribution >= 0.6 is 23.2 Å². The number of H-pyrrole nitrogens is 1. The minimum atomic E-state index is -0.291. The molecule has 0 fully saturated rings. The molecule has 2 aromatic carbocycles. The summed E-state index contributed by atoms with van der Waals surface area (Å²) in [7, 11) is 0. The van der Waals surface area contributed by atoms with Crippen LogP contribution in [0.2, 0.25) is 10.0 Å². The van der Waals surface area contributed by atoms with Crippen molar-refractivity contribution < 1.29 is 4.79 Å². The number of carbonyl (C=O) groups excluding carboxylic acids is 1. The van der Waals surface area contributed by atoms with Crippen LogP contribution in [0.3, 0.4) is 0 Å². The maximum Gasteiger partial charge on any atom is 0.264 e. The minimum Gasteiger partial charge on any atom is -0.352 e. The topological polar surface area (TPSA) is 74.8 Å². The van der Waals surface area contributed by atoms with Gasteiger partial charge in [0.05, 0.1) is 16.3 Å². The first-order valence-electron chi connectivity index (χ1n) is 7.92. The third-order valence-electron chi connectivity index (χ3n) is 3.82. The molecule has 7 heteroatoms. The average molecular weight is 388 g/mol. The van der Waals surface area contributed by atoms with Crippen LogP contribution in [0.25, 0.3) is 11.3 Å². The molecule has 0 aliphatic carbocycles. The van der Waals surface area contributed by atoms with Gasteiger partial charge < -0.3 is 5.32 Å². The summed E-state index contributed by atoms with van der Waals surface area (Å²) in [5, 5.41) is 10.2. The molecule has 1 heterocycles. The largest absolute Gasteiger partial charge is 0.352 e. The molecule has 0 bridgehead atoms. The third-order valence-corrected chi connectivity index (χ3v) is 4.52. The molecule has 5 nitrogen and oxygen atoms in total. The Bertz CT molecular complexity index is 982. The van der Waals surface area contributed by atoms with Crippen LogP contribution in [0.4, 0.5) is 0 Å². The predicted octanol–water partition coefficient (Wildman–Crippen LogP) is 3.72. The summed E-state index contributed by atoms with van der Waals surface area (Å²) in [6.45, 7) is 0.431. The summed E-state index contributed by atoms with van der Waals surface area (Å²) in [4.78, 5) is 23.6. The van der Waals surface area contributed by atoms with Crippen LogP contribution in [0, 0.1) is 0 Å². The summed E-state index contributed by atoms with van der Waals surface area (Å²) < 4.78 is 0. The number of nitrogens with one attached hydrogen (secondary N) is 2. The molecule has 132 valence electrons. The van der Waals surface area contributed by atoms with E-state index in [0.29, 0.717) is 39.8 Å². The minimum absolute atomic E-state index is 0.284. The van der Waals surface area contributed by atoms with Crippen molar-refractivity contribution in [3.05, 3.63) is 86.1 Å². The molecule has 0 radical (unpaired) electrons. The zero-order valence-electron chi connectivity index (χ0n) is 13.6. The number of halogens is 2. The van der Waals surface area contributed by atoms with Crippen molar-refractivity contribution in [3.63, 3.8) is 0 Å². The second-order valence-corrected chi connectivity index (χ2v) is 6.41. The maximum absolute atomic E-state index is 12.5. The summed E-state index contributed by atoms with van der Waals surface area (Å²) in [5.41, 5.74) is 2.25. The third kappa shape index (κ3) is 4.31. The zero-order valence-corrected chi connectivity index (χ0v) is 15.1. The highest BCUT2D eigenvalue weighted by Crippen LogP contribution is 2.23. The standard InChI is InChI=1S/C19H15Cl2N3O2/c20-15-4-2-1-3-12(15)9-10-22-19(26)14-11-13(5-6-16(14)21)17-7-8-18(25)24-23-17/h1-8,11H,9-10H2,(H,22,26)(H,24,25). The van der Waals surface area contributed by atoms with E-state index in [0.717, 1.165) is 5.56 Å². The highest BCUT2D eigenvalue weighted by Gasteiger charge is 2.12. The lowest BCUT2D eigenvalue weighted by atomic mass is 10.1. The van der Waals surface area contributed by atoms with Crippen molar-refractivity contribution in [1.82, 2.24) is 15.5 Å². The lowest BCUT2D eigenvalue weighted by Crippen LogP contribution is -2.26. The number of amides is 1. The number of carbonyl (C=O) groups is 1. The molecule has 1 aromatic heterocycles. The van der Waals surface area contributed by atoms with Gasteiger partial charge in [-0.25, -0.2) is 5.10 Å². The second-order valence-electron chi connectivity index (χ2n) is 5.60. The highest BCUT2D eigenvalue weighted by atomic mass is 35.5. The number of aromatic nitrogens is 2. The van der Waals surface area contributed by atoms with E-state index in [4.69, 9.17) is 23.2 Å². The Labute approximate surface area is 160 Å². The smallest absolute Gasteiger partial charge is 0.264 e. The number of nitrogens with zero attached hydrogens (tertiary/aromatic N) is 1. The summed E-state index contributed by atoms with van der Waals surface area (Å²) >= 11 is 12.3. The fourth-order valence-corrected chi connectivity index (χ4v) is 2.90. The number of benzene rings is 2. The fourth-order valence-electron chi connectivity index (χ4n) is 2.47. The average Bonchev–Trinajstić information content (AvgIpc) is 2.64. The Morgan fingerprint density at radius 2 is 1.85 bits per heavy atom. The van der Waals surface area contributed by atoms with Crippen LogP contribution in [0.15, 0.2) is 59.4 Å². The van der Waals surface area contributed by atoms with E-state index in [1.165, 1.54) is 6.07 Å². The summed E-state index contributed by atoms with van der Waals surface area (Å²) in [6.07, 6.45) is 0.615. The predicted molar refractivity (Wildman–Crippen MR) is 103 cm³/mol. The van der Waals surface area contributed by atoms with Crippen LogP contribution in [-0.4, -0.2) is 22.6 Å². The molecule has 2 N–H and O–H groups in total. The molecule has 0 spiro atoms. The van der Waals surface area contributed by atoms with Gasteiger partial charge in [-0.2, -0.15) is 5.10 Å². The maximum atomic E-state index is 12.5. The zero-order chi connectivity index (χ0) is 18.5. The molecular formula is C19H15Cl2N3O2. The van der Waals surface area contributed by atoms with Gasteiger partial charge in [-0.05, 0) is 36.2 Å². The molecule has 26 heavy (non-hydrogen) atoms. The van der Waals surface area contributed by atoms with Crippen LogP contribution in [0.1, 0.15) is 15.9 Å². The van der Waals surface area contributed by atoms with Crippen LogP contribution in [0.5, 0.6) is 0 Å². The Morgan fingerprint density at radius 3 is 2.58 bits per heavy atom. The summed E-state index contributed by atoms with van der Waals surface area (Å²) in [6, 6.07) is 15.5. The molecule has 0 atom stereocenters. The first-order valence-corrected chi connectivity index (χ1v) is 8.67. The van der Waals surface area contributed by atoms with Crippen molar-refractivity contribution in [2.24, 2.45) is 0 Å². The van der Waals surface area contributed by atoms with Gasteiger partial charge in [0.25, 0.3) is 11.5 Å². The van der Waals surface area contributed by atoms with Crippen molar-refractivity contribution >= 4 is 29.1 Å². The van der Waals surface area contributed by atoms with Crippen molar-refractivity contribution in [3.8, 4) is 11.3 Å². The van der Waals surface area contributed by atoms with Gasteiger partial charge in [-0.15, -0.1) is 0 Å². The van der Waals surface area contributed by atoms with E-state index in [1.807, 2.05) is 24.3 Å². The second kappa shape index (κ2) is 8.17. The van der Waals surface area contributed by atoms with E-state index in [1.54, 1.807) is 24.3 Å². The van der Waals surface area contributed by atoms with Gasteiger partial charge in [0.15, 0.2) is 0 Å². The molecule has 3 rings (SSSR count). The Hall–Kier alpha value is -2.63. The monoisotopic (exact) mass is 387 g/mol. The van der Waals surface area contributed by atoms with E-state index < -0.39 is 0 Å². The SMILES string of the molecule is O=C(NCCc1ccccc1Cl)c1cc(-c2ccc(=O)[nH]n2)ccc1Cl. The van der Waals surface area contributed by atoms with Crippen molar-refractivity contribution in [2.75, 3.05) is 6.54 Å². The van der Waals surface area contributed by atoms with Crippen LogP contribution in [-0.2, 0) is 6.42 Å². The molecular weight excluding hydrogens is 373 g/mol. The lowest BCUT2D eigenvalue weighted by Gasteiger charge is -2.09. The van der Waals surface area contributed by atoms with E-state index >= 15 is 0 Å². The highest BCUT2D eigenvalue weighted by molar-refractivity contribution is 6.34. The van der Waals surface area contributed by atoms with E-state index in [-0.39, 0.29) is 11.5 Å². The van der Waals surface area contributed by atoms with Crippen molar-refractivity contribution in [1.29, 1.82) is 0 Å². The molecule has 3 aromatic rings. The van der Waals surface area contributed by atoms with Gasteiger partial charge in [-0.3, -0.25) is 9.59 Å². The van der Waals surface area contributed by atoms with Crippen molar-refractivity contribution in [2.45, 2.75) is 6.42 Å². The van der Waals surface area contributed by atoms with Gasteiger partial charge in [0.1, 0.15) is 0 Å². The van der Waals surface area contributed by atoms with E-state index in [2.05, 4.69) is 15.5 Å². The number of hydrogen-bond donors (Lipinski definition) is 2. The summed E-state index contributed by atoms with van der Waals surface area (Å²) in [5.74, 6) is -0.284. The lowest BCUT2D eigenvalue weighted by molar-refractivity contribution is 0.0954. The van der Waals surface area contributed by atoms with Gasteiger partial charge in [0.2, 0.25) is 0 Å². The Kier molecular flexibility index (Phi) is 5.71. The Balaban J connectivity index is 1.72. The Morgan fingerprint density at radius 1 is 1.04 bits per heavy atom. The van der Waals surface area contributed by atoms with E-state index in [9.17, 15) is 9.59 Å². The molecule has 1 amide bonds. The number of aromatic amines is 1. The fraction of sp³-hybridized carbons (Fsp3) is 0.105. The normalized spacial score (nSPS) is 10.5.